The van der Waals surface area contributed by atoms with Crippen LogP contribution in [-0.4, -0.2) is 0 Å². The molecule has 0 aliphatic carbocycles. The second kappa shape index (κ2) is 5.92. The predicted octanol–water partition coefficient (Wildman–Crippen LogP) is 5.66. The van der Waals surface area contributed by atoms with Crippen LogP contribution < -0.4 is 0 Å². The molecular weight excluding hydrogens is 294 g/mol. The van der Waals surface area contributed by atoms with Gasteiger partial charge in [0, 0.05) is 0 Å². The summed E-state index contributed by atoms with van der Waals surface area (Å²) in [5.74, 6) is -0.247. The van der Waals surface area contributed by atoms with Gasteiger partial charge in [0.15, 0.2) is 0 Å². The Labute approximate surface area is 120 Å². The van der Waals surface area contributed by atoms with Crippen molar-refractivity contribution in [3.8, 4) is 0 Å². The van der Waals surface area contributed by atoms with E-state index in [9.17, 15) is 4.39 Å². The van der Waals surface area contributed by atoms with Crippen molar-refractivity contribution in [2.45, 2.75) is 11.8 Å². The van der Waals surface area contributed by atoms with Crippen LogP contribution in [0.4, 0.5) is 4.39 Å². The van der Waals surface area contributed by atoms with Gasteiger partial charge in [-0.3, -0.25) is 0 Å². The number of hydrogen-bond donors (Lipinski definition) is 0. The summed E-state index contributed by atoms with van der Waals surface area (Å²) in [7, 11) is 0. The molecule has 0 nitrogen and oxygen atoms in total. The van der Waals surface area contributed by atoms with E-state index in [0.717, 1.165) is 5.56 Å². The van der Waals surface area contributed by atoms with Gasteiger partial charge in [-0.05, 0) is 35.7 Å². The average Bonchev–Trinajstić information content (AvgIpc) is 2.35. The molecule has 0 N–H and O–H groups in total. The summed E-state index contributed by atoms with van der Waals surface area (Å²) in [6.07, 6.45) is 0.409. The average molecular weight is 304 g/mol. The first kappa shape index (κ1) is 13.7. The van der Waals surface area contributed by atoms with E-state index in [4.69, 9.17) is 34.8 Å². The van der Waals surface area contributed by atoms with Crippen LogP contribution in [0.1, 0.15) is 16.5 Å². The molecule has 2 rings (SSSR count). The zero-order valence-electron chi connectivity index (χ0n) is 9.34. The molecule has 2 aromatic rings. The van der Waals surface area contributed by atoms with Gasteiger partial charge in [0.1, 0.15) is 5.82 Å². The van der Waals surface area contributed by atoms with Crippen LogP contribution in [0.3, 0.4) is 0 Å². The molecule has 0 aromatic heterocycles. The summed E-state index contributed by atoms with van der Waals surface area (Å²) < 4.78 is 13.5. The molecule has 0 heterocycles. The van der Waals surface area contributed by atoms with Crippen molar-refractivity contribution < 1.29 is 4.39 Å². The van der Waals surface area contributed by atoms with Crippen LogP contribution in [0.15, 0.2) is 42.5 Å². The summed E-state index contributed by atoms with van der Waals surface area (Å²) in [4.78, 5) is 0. The van der Waals surface area contributed by atoms with Gasteiger partial charge < -0.3 is 0 Å². The highest BCUT2D eigenvalue weighted by Crippen LogP contribution is 2.31. The van der Waals surface area contributed by atoms with Gasteiger partial charge in [-0.2, -0.15) is 0 Å². The molecule has 2 aromatic carbocycles. The molecule has 4 heteroatoms. The summed E-state index contributed by atoms with van der Waals surface area (Å²) in [5.41, 5.74) is 1.41. The molecule has 1 atom stereocenters. The van der Waals surface area contributed by atoms with E-state index in [1.807, 2.05) is 0 Å². The van der Waals surface area contributed by atoms with E-state index in [2.05, 4.69) is 0 Å². The lowest BCUT2D eigenvalue weighted by Crippen LogP contribution is -1.98. The lowest BCUT2D eigenvalue weighted by atomic mass is 10.0. The molecule has 0 aliphatic heterocycles. The zero-order chi connectivity index (χ0) is 13.1. The summed E-state index contributed by atoms with van der Waals surface area (Å²) in [5, 5.41) is 0.597. The smallest absolute Gasteiger partial charge is 0.126 e. The summed E-state index contributed by atoms with van der Waals surface area (Å²) in [6.45, 7) is 0. The molecule has 0 amide bonds. The third-order valence-corrected chi connectivity index (χ3v) is 3.81. The molecular formula is C14H10Cl3F. The van der Waals surface area contributed by atoms with Crippen molar-refractivity contribution in [3.05, 3.63) is 69.5 Å². The summed E-state index contributed by atoms with van der Waals surface area (Å²) >= 11 is 18.0. The predicted molar refractivity (Wildman–Crippen MR) is 75.2 cm³/mol. The van der Waals surface area contributed by atoms with Crippen molar-refractivity contribution in [2.75, 3.05) is 0 Å². The first-order chi connectivity index (χ1) is 8.58. The molecule has 0 aliphatic rings. The Morgan fingerprint density at radius 1 is 1.00 bits per heavy atom. The lowest BCUT2D eigenvalue weighted by molar-refractivity contribution is 0.607. The van der Waals surface area contributed by atoms with E-state index in [1.54, 1.807) is 36.4 Å². The molecule has 0 bridgehead atoms. The molecule has 1 unspecified atom stereocenters. The third kappa shape index (κ3) is 3.17. The number of benzene rings is 2. The largest absolute Gasteiger partial charge is 0.207 e. The Balaban J connectivity index is 2.19. The van der Waals surface area contributed by atoms with Gasteiger partial charge in [0.2, 0.25) is 0 Å². The molecule has 18 heavy (non-hydrogen) atoms. The lowest BCUT2D eigenvalue weighted by Gasteiger charge is -2.11. The number of halogens is 4. The van der Waals surface area contributed by atoms with Crippen molar-refractivity contribution in [3.63, 3.8) is 0 Å². The molecule has 0 saturated carbocycles. The minimum absolute atomic E-state index is 0.247. The zero-order valence-corrected chi connectivity index (χ0v) is 11.6. The van der Waals surface area contributed by atoms with Crippen LogP contribution in [-0.2, 0) is 6.42 Å². The quantitative estimate of drug-likeness (QED) is 0.642. The first-order valence-corrected chi connectivity index (χ1v) is 6.59. The number of hydrogen-bond acceptors (Lipinski definition) is 0. The van der Waals surface area contributed by atoms with E-state index < -0.39 is 0 Å². The van der Waals surface area contributed by atoms with Gasteiger partial charge >= 0.3 is 0 Å². The van der Waals surface area contributed by atoms with Crippen molar-refractivity contribution >= 4 is 34.8 Å². The molecule has 94 valence electrons. The SMILES string of the molecule is Fc1ccccc1CC(Cl)c1ccc(Cl)c(Cl)c1. The highest BCUT2D eigenvalue weighted by molar-refractivity contribution is 6.42. The fourth-order valence-electron chi connectivity index (χ4n) is 1.68. The van der Waals surface area contributed by atoms with Gasteiger partial charge in [0.25, 0.3) is 0 Å². The van der Waals surface area contributed by atoms with Gasteiger partial charge in [0.05, 0.1) is 15.4 Å². The number of alkyl halides is 1. The van der Waals surface area contributed by atoms with Gasteiger partial charge in [-0.25, -0.2) is 4.39 Å². The Bertz CT molecular complexity index is 554. The maximum absolute atomic E-state index is 13.5. The minimum Gasteiger partial charge on any atom is -0.207 e. The van der Waals surface area contributed by atoms with E-state index in [1.165, 1.54) is 6.07 Å². The fourth-order valence-corrected chi connectivity index (χ4v) is 2.29. The molecule has 0 spiro atoms. The Morgan fingerprint density at radius 2 is 1.72 bits per heavy atom. The molecule has 0 fully saturated rings. The van der Waals surface area contributed by atoms with Gasteiger partial charge in [-0.15, -0.1) is 11.6 Å². The standard InChI is InChI=1S/C14H10Cl3F/c15-11-6-5-9(7-13(11)17)12(16)8-10-3-1-2-4-14(10)18/h1-7,12H,8H2. The highest BCUT2D eigenvalue weighted by Gasteiger charge is 2.12. The van der Waals surface area contributed by atoms with Crippen molar-refractivity contribution in [1.82, 2.24) is 0 Å². The maximum Gasteiger partial charge on any atom is 0.126 e. The van der Waals surface area contributed by atoms with Crippen LogP contribution in [0.2, 0.25) is 10.0 Å². The van der Waals surface area contributed by atoms with E-state index >= 15 is 0 Å². The fraction of sp³-hybridized carbons (Fsp3) is 0.143. The first-order valence-electron chi connectivity index (χ1n) is 5.40. The minimum atomic E-state index is -0.336. The van der Waals surface area contributed by atoms with Gasteiger partial charge in [-0.1, -0.05) is 47.5 Å². The van der Waals surface area contributed by atoms with Crippen molar-refractivity contribution in [1.29, 1.82) is 0 Å². The Hall–Kier alpha value is -0.760. The van der Waals surface area contributed by atoms with Crippen molar-refractivity contribution in [2.24, 2.45) is 0 Å². The summed E-state index contributed by atoms with van der Waals surface area (Å²) in [6, 6.07) is 11.8. The maximum atomic E-state index is 13.5. The van der Waals surface area contributed by atoms with Crippen LogP contribution in [0.5, 0.6) is 0 Å². The van der Waals surface area contributed by atoms with Crippen LogP contribution in [0, 0.1) is 5.82 Å². The molecule has 0 saturated heterocycles. The van der Waals surface area contributed by atoms with Crippen LogP contribution in [0.25, 0.3) is 0 Å². The van der Waals surface area contributed by atoms with E-state index in [-0.39, 0.29) is 11.2 Å². The topological polar surface area (TPSA) is 0 Å². The van der Waals surface area contributed by atoms with E-state index in [0.29, 0.717) is 22.0 Å². The van der Waals surface area contributed by atoms with Crippen LogP contribution >= 0.6 is 34.8 Å². The second-order valence-electron chi connectivity index (χ2n) is 3.94. The normalized spacial score (nSPS) is 12.4. The Morgan fingerprint density at radius 3 is 2.39 bits per heavy atom. The second-order valence-corrected chi connectivity index (χ2v) is 5.28. The number of rotatable bonds is 3. The monoisotopic (exact) mass is 302 g/mol. The molecule has 0 radical (unpaired) electrons. The Kier molecular flexibility index (Phi) is 4.50. The third-order valence-electron chi connectivity index (χ3n) is 2.66. The highest BCUT2D eigenvalue weighted by atomic mass is 35.5.